The minimum atomic E-state index is -0.168. The van der Waals surface area contributed by atoms with Gasteiger partial charge in [0.05, 0.1) is 22.2 Å². The van der Waals surface area contributed by atoms with Crippen LogP contribution in [-0.2, 0) is 0 Å². The lowest BCUT2D eigenvalue weighted by Gasteiger charge is -2.05. The highest BCUT2D eigenvalue weighted by atomic mass is 32.1. The predicted molar refractivity (Wildman–Crippen MR) is 70.3 cm³/mol. The highest BCUT2D eigenvalue weighted by Crippen LogP contribution is 2.14. The second kappa shape index (κ2) is 4.23. The third-order valence-corrected chi connectivity index (χ3v) is 3.55. The van der Waals surface area contributed by atoms with E-state index >= 15 is 0 Å². The van der Waals surface area contributed by atoms with Crippen LogP contribution in [0, 0.1) is 6.92 Å². The number of thiazole rings is 1. The summed E-state index contributed by atoms with van der Waals surface area (Å²) in [6.45, 7) is 1.82. The molecule has 3 rings (SSSR count). The number of rotatable bonds is 2. The number of aromatic nitrogens is 3. The summed E-state index contributed by atoms with van der Waals surface area (Å²) < 4.78 is 1.62. The number of nitrogens with one attached hydrogen (secondary N) is 1. The fraction of sp³-hybridized carbons (Fsp3) is 0.0833. The Balaban J connectivity index is 1.93. The molecule has 0 aliphatic carbocycles. The first kappa shape index (κ1) is 10.9. The number of hydrogen-bond acceptors (Lipinski definition) is 4. The number of nitrogens with zero attached hydrogens (tertiary/aromatic N) is 3. The molecule has 18 heavy (non-hydrogen) atoms. The van der Waals surface area contributed by atoms with Crippen LogP contribution >= 0.6 is 11.3 Å². The Bertz CT molecular complexity index is 716. The molecule has 0 aliphatic heterocycles. The van der Waals surface area contributed by atoms with Crippen LogP contribution in [0.1, 0.15) is 15.4 Å². The molecule has 90 valence electrons. The van der Waals surface area contributed by atoms with E-state index in [1.165, 1.54) is 11.3 Å². The van der Waals surface area contributed by atoms with E-state index in [9.17, 15) is 4.79 Å². The monoisotopic (exact) mass is 258 g/mol. The van der Waals surface area contributed by atoms with Crippen LogP contribution in [0.3, 0.4) is 0 Å². The number of benzene rings is 1. The first-order chi connectivity index (χ1) is 8.75. The number of imidazole rings is 1. The molecular formula is C12H10N4OS. The van der Waals surface area contributed by atoms with Gasteiger partial charge in [0.2, 0.25) is 0 Å². The number of carbonyl (C=O) groups excluding carboxylic acids is 1. The number of fused-ring (bicyclic) bond motifs is 1. The molecule has 2 heterocycles. The lowest BCUT2D eigenvalue weighted by molar-refractivity contribution is 0.101. The first-order valence-electron chi connectivity index (χ1n) is 5.39. The van der Waals surface area contributed by atoms with E-state index < -0.39 is 0 Å². The van der Waals surface area contributed by atoms with Gasteiger partial charge < -0.3 is 0 Å². The summed E-state index contributed by atoms with van der Waals surface area (Å²) in [4.78, 5) is 20.9. The van der Waals surface area contributed by atoms with Crippen LogP contribution in [0.4, 0.5) is 0 Å². The molecule has 0 unspecified atom stereocenters. The number of aryl methyl sites for hydroxylation is 1. The molecule has 0 aliphatic rings. The average molecular weight is 258 g/mol. The second-order valence-corrected chi connectivity index (χ2v) is 4.67. The Morgan fingerprint density at radius 2 is 2.17 bits per heavy atom. The summed E-state index contributed by atoms with van der Waals surface area (Å²) in [6, 6.07) is 7.62. The fourth-order valence-electron chi connectivity index (χ4n) is 1.73. The van der Waals surface area contributed by atoms with E-state index in [1.807, 2.05) is 31.2 Å². The maximum atomic E-state index is 12.0. The van der Waals surface area contributed by atoms with E-state index in [0.29, 0.717) is 4.88 Å². The molecule has 5 nitrogen and oxygen atoms in total. The maximum absolute atomic E-state index is 12.0. The van der Waals surface area contributed by atoms with Crippen molar-refractivity contribution in [3.8, 4) is 0 Å². The highest BCUT2D eigenvalue weighted by Gasteiger charge is 2.12. The lowest BCUT2D eigenvalue weighted by atomic mass is 10.3. The summed E-state index contributed by atoms with van der Waals surface area (Å²) in [5.74, 6) is -0.168. The molecule has 0 atom stereocenters. The van der Waals surface area contributed by atoms with Gasteiger partial charge in [-0.05, 0) is 19.1 Å². The Labute approximate surface area is 107 Å². The summed E-state index contributed by atoms with van der Waals surface area (Å²) in [7, 11) is 0. The van der Waals surface area contributed by atoms with Crippen molar-refractivity contribution in [2.24, 2.45) is 0 Å². The van der Waals surface area contributed by atoms with E-state index in [0.717, 1.165) is 16.7 Å². The molecule has 3 aromatic rings. The van der Waals surface area contributed by atoms with E-state index in [-0.39, 0.29) is 5.91 Å². The van der Waals surface area contributed by atoms with Gasteiger partial charge in [-0.3, -0.25) is 10.2 Å². The van der Waals surface area contributed by atoms with Gasteiger partial charge >= 0.3 is 0 Å². The zero-order chi connectivity index (χ0) is 12.5. The van der Waals surface area contributed by atoms with E-state index in [1.54, 1.807) is 16.5 Å². The van der Waals surface area contributed by atoms with Crippen LogP contribution in [-0.4, -0.2) is 20.6 Å². The van der Waals surface area contributed by atoms with Crippen LogP contribution in [0.25, 0.3) is 11.0 Å². The number of carbonyl (C=O) groups is 1. The van der Waals surface area contributed by atoms with Gasteiger partial charge in [0.1, 0.15) is 11.2 Å². The predicted octanol–water partition coefficient (Wildman–Crippen LogP) is 2.19. The molecule has 0 saturated heterocycles. The van der Waals surface area contributed by atoms with Gasteiger partial charge in [0.15, 0.2) is 0 Å². The first-order valence-corrected chi connectivity index (χ1v) is 6.27. The topological polar surface area (TPSA) is 59.8 Å². The molecular weight excluding hydrogens is 248 g/mol. The fourth-order valence-corrected chi connectivity index (χ4v) is 2.42. The van der Waals surface area contributed by atoms with Crippen molar-refractivity contribution >= 4 is 28.3 Å². The van der Waals surface area contributed by atoms with Crippen molar-refractivity contribution in [2.75, 3.05) is 5.43 Å². The molecule has 6 heteroatoms. The van der Waals surface area contributed by atoms with Crippen LogP contribution in [0.2, 0.25) is 0 Å². The lowest BCUT2D eigenvalue weighted by Crippen LogP contribution is -2.21. The molecule has 0 fully saturated rings. The molecule has 0 bridgehead atoms. The van der Waals surface area contributed by atoms with Crippen molar-refractivity contribution in [3.05, 3.63) is 46.7 Å². The zero-order valence-electron chi connectivity index (χ0n) is 9.62. The molecule has 0 radical (unpaired) electrons. The average Bonchev–Trinajstić information content (AvgIpc) is 2.97. The highest BCUT2D eigenvalue weighted by molar-refractivity contribution is 7.12. The Morgan fingerprint density at radius 1 is 1.33 bits per heavy atom. The van der Waals surface area contributed by atoms with Crippen LogP contribution in [0.15, 0.2) is 36.1 Å². The van der Waals surface area contributed by atoms with E-state index in [2.05, 4.69) is 15.4 Å². The number of hydrogen-bond donors (Lipinski definition) is 1. The van der Waals surface area contributed by atoms with Gasteiger partial charge in [-0.2, -0.15) is 0 Å². The Morgan fingerprint density at radius 3 is 2.94 bits per heavy atom. The summed E-state index contributed by atoms with van der Waals surface area (Å²) >= 11 is 1.33. The molecule has 2 aromatic heterocycles. The third-order valence-electron chi connectivity index (χ3n) is 2.63. The number of para-hydroxylation sites is 2. The number of amides is 1. The molecule has 0 saturated carbocycles. The summed E-state index contributed by atoms with van der Waals surface area (Å²) in [5.41, 5.74) is 6.91. The third kappa shape index (κ3) is 1.76. The van der Waals surface area contributed by atoms with Gasteiger partial charge in [0, 0.05) is 0 Å². The molecule has 1 aromatic carbocycles. The Kier molecular flexibility index (Phi) is 2.56. The minimum Gasteiger partial charge on any atom is -0.266 e. The summed E-state index contributed by atoms with van der Waals surface area (Å²) in [6.07, 6.45) is 1.60. The van der Waals surface area contributed by atoms with Crippen molar-refractivity contribution in [1.82, 2.24) is 14.6 Å². The van der Waals surface area contributed by atoms with Gasteiger partial charge in [-0.15, -0.1) is 11.3 Å². The molecule has 0 spiro atoms. The molecule has 1 amide bonds. The van der Waals surface area contributed by atoms with Crippen LogP contribution < -0.4 is 5.43 Å². The zero-order valence-corrected chi connectivity index (χ0v) is 10.4. The normalized spacial score (nSPS) is 10.7. The van der Waals surface area contributed by atoms with Crippen LogP contribution in [0.5, 0.6) is 0 Å². The van der Waals surface area contributed by atoms with Gasteiger partial charge in [0.25, 0.3) is 5.91 Å². The van der Waals surface area contributed by atoms with Crippen molar-refractivity contribution < 1.29 is 4.79 Å². The van der Waals surface area contributed by atoms with E-state index in [4.69, 9.17) is 0 Å². The van der Waals surface area contributed by atoms with Crippen molar-refractivity contribution in [2.45, 2.75) is 6.92 Å². The smallest absolute Gasteiger partial charge is 0.266 e. The summed E-state index contributed by atoms with van der Waals surface area (Å²) in [5, 5.41) is 0. The molecule has 1 N–H and O–H groups in total. The van der Waals surface area contributed by atoms with Crippen molar-refractivity contribution in [1.29, 1.82) is 0 Å². The van der Waals surface area contributed by atoms with Gasteiger partial charge in [-0.25, -0.2) is 14.6 Å². The maximum Gasteiger partial charge on any atom is 0.282 e. The largest absolute Gasteiger partial charge is 0.282 e. The quantitative estimate of drug-likeness (QED) is 0.766. The standard InChI is InChI=1S/C12H10N4OS/c1-8-11(18-7-14-8)12(17)15-16-6-13-9-4-2-3-5-10(9)16/h2-7H,1H3,(H,15,17). The SMILES string of the molecule is Cc1ncsc1C(=O)Nn1cnc2ccccc21. The Hall–Kier alpha value is -2.21. The second-order valence-electron chi connectivity index (χ2n) is 3.81. The van der Waals surface area contributed by atoms with Gasteiger partial charge in [-0.1, -0.05) is 12.1 Å². The minimum absolute atomic E-state index is 0.168. The van der Waals surface area contributed by atoms with Crippen molar-refractivity contribution in [3.63, 3.8) is 0 Å².